The summed E-state index contributed by atoms with van der Waals surface area (Å²) in [5.74, 6) is 1.01. The van der Waals surface area contributed by atoms with Crippen molar-refractivity contribution >= 4 is 40.7 Å². The molecule has 2 heterocycles. The van der Waals surface area contributed by atoms with Crippen LogP contribution in [0.5, 0.6) is 5.75 Å². The molecule has 0 bridgehead atoms. The van der Waals surface area contributed by atoms with Crippen LogP contribution in [0.25, 0.3) is 0 Å². The Bertz CT molecular complexity index is 1080. The van der Waals surface area contributed by atoms with Gasteiger partial charge in [-0.2, -0.15) is 0 Å². The summed E-state index contributed by atoms with van der Waals surface area (Å²) in [5, 5.41) is 1.06. The van der Waals surface area contributed by atoms with Gasteiger partial charge in [-0.1, -0.05) is 64.6 Å². The molecule has 0 N–H and O–H groups in total. The molecule has 5 nitrogen and oxygen atoms in total. The molecule has 1 aromatic heterocycles. The summed E-state index contributed by atoms with van der Waals surface area (Å²) in [5.41, 5.74) is 2.55. The van der Waals surface area contributed by atoms with Gasteiger partial charge in [0, 0.05) is 37.7 Å². The van der Waals surface area contributed by atoms with Crippen LogP contribution in [0.2, 0.25) is 15.1 Å². The van der Waals surface area contributed by atoms with Gasteiger partial charge in [0.05, 0.1) is 10.0 Å². The number of aryl methyl sites for hydroxylation is 1. The lowest BCUT2D eigenvalue weighted by molar-refractivity contribution is 0.0594. The van der Waals surface area contributed by atoms with Crippen LogP contribution in [-0.2, 0) is 13.2 Å². The van der Waals surface area contributed by atoms with E-state index in [1.165, 1.54) is 11.1 Å². The normalized spacial score (nSPS) is 14.6. The summed E-state index contributed by atoms with van der Waals surface area (Å²) >= 11 is 18.2. The van der Waals surface area contributed by atoms with Crippen molar-refractivity contribution in [1.82, 2.24) is 9.80 Å². The lowest BCUT2D eigenvalue weighted by atomic mass is 10.1. The maximum Gasteiger partial charge on any atom is 0.289 e. The Hall–Kier alpha value is -2.18. The number of rotatable bonds is 6. The Morgan fingerprint density at radius 1 is 1.00 bits per heavy atom. The average Bonchev–Trinajstić information content (AvgIpc) is 3.22. The van der Waals surface area contributed by atoms with E-state index >= 15 is 0 Å². The zero-order valence-electron chi connectivity index (χ0n) is 17.6. The Morgan fingerprint density at radius 3 is 2.41 bits per heavy atom. The number of furan rings is 1. The third-order valence-corrected chi connectivity index (χ3v) is 6.12. The number of piperazine rings is 1. The van der Waals surface area contributed by atoms with Crippen LogP contribution in [0.3, 0.4) is 0 Å². The second kappa shape index (κ2) is 10.2. The van der Waals surface area contributed by atoms with E-state index in [2.05, 4.69) is 36.1 Å². The number of hydrogen-bond donors (Lipinski definition) is 0. The van der Waals surface area contributed by atoms with Crippen molar-refractivity contribution in [1.29, 1.82) is 0 Å². The summed E-state index contributed by atoms with van der Waals surface area (Å²) in [6.07, 6.45) is 0. The zero-order valence-corrected chi connectivity index (χ0v) is 19.9. The summed E-state index contributed by atoms with van der Waals surface area (Å²) < 4.78 is 11.4. The molecule has 4 rings (SSSR count). The Kier molecular flexibility index (Phi) is 7.31. The smallest absolute Gasteiger partial charge is 0.289 e. The Morgan fingerprint density at radius 2 is 1.72 bits per heavy atom. The van der Waals surface area contributed by atoms with Crippen LogP contribution in [0, 0.1) is 6.92 Å². The van der Waals surface area contributed by atoms with Gasteiger partial charge in [0.1, 0.15) is 12.4 Å². The largest absolute Gasteiger partial charge is 0.483 e. The van der Waals surface area contributed by atoms with E-state index in [-0.39, 0.29) is 12.5 Å². The number of halogens is 3. The van der Waals surface area contributed by atoms with Crippen molar-refractivity contribution in [3.63, 3.8) is 0 Å². The van der Waals surface area contributed by atoms with Crippen LogP contribution < -0.4 is 4.74 Å². The molecule has 1 aliphatic heterocycles. The fourth-order valence-electron chi connectivity index (χ4n) is 3.71. The van der Waals surface area contributed by atoms with Crippen molar-refractivity contribution in [3.05, 3.63) is 86.2 Å². The van der Waals surface area contributed by atoms with E-state index in [4.69, 9.17) is 44.0 Å². The Balaban J connectivity index is 1.30. The van der Waals surface area contributed by atoms with Gasteiger partial charge in [0.2, 0.25) is 0 Å². The third kappa shape index (κ3) is 5.59. The molecule has 1 saturated heterocycles. The van der Waals surface area contributed by atoms with Crippen LogP contribution in [-0.4, -0.2) is 41.9 Å². The van der Waals surface area contributed by atoms with Crippen molar-refractivity contribution in [2.24, 2.45) is 0 Å². The molecular formula is C24H23Cl3N2O3. The predicted molar refractivity (Wildman–Crippen MR) is 127 cm³/mol. The molecule has 168 valence electrons. The number of nitrogens with zero attached hydrogens (tertiary/aromatic N) is 2. The van der Waals surface area contributed by atoms with Gasteiger partial charge >= 0.3 is 0 Å². The fraction of sp³-hybridized carbons (Fsp3) is 0.292. The molecule has 32 heavy (non-hydrogen) atoms. The van der Waals surface area contributed by atoms with Crippen LogP contribution in [0.15, 0.2) is 52.9 Å². The van der Waals surface area contributed by atoms with E-state index in [9.17, 15) is 4.79 Å². The number of benzene rings is 2. The topological polar surface area (TPSA) is 45.9 Å². The summed E-state index contributed by atoms with van der Waals surface area (Å²) in [6, 6.07) is 15.0. The van der Waals surface area contributed by atoms with Gasteiger partial charge in [-0.15, -0.1) is 0 Å². The minimum absolute atomic E-state index is 0.0959. The first kappa shape index (κ1) is 23.0. The number of hydrogen-bond acceptors (Lipinski definition) is 4. The van der Waals surface area contributed by atoms with Gasteiger partial charge in [-0.25, -0.2) is 0 Å². The maximum atomic E-state index is 12.9. The average molecular weight is 494 g/mol. The molecule has 1 aliphatic rings. The number of carbonyl (C=O) groups excluding carboxylic acids is 1. The molecule has 0 atom stereocenters. The summed E-state index contributed by atoms with van der Waals surface area (Å²) in [7, 11) is 0. The fourth-order valence-corrected chi connectivity index (χ4v) is 4.64. The van der Waals surface area contributed by atoms with Gasteiger partial charge in [-0.05, 0) is 36.8 Å². The molecule has 0 aliphatic carbocycles. The first-order chi connectivity index (χ1) is 15.4. The van der Waals surface area contributed by atoms with Gasteiger partial charge in [0.15, 0.2) is 11.5 Å². The van der Waals surface area contributed by atoms with Crippen LogP contribution >= 0.6 is 34.8 Å². The molecule has 0 unspecified atom stereocenters. The summed E-state index contributed by atoms with van der Waals surface area (Å²) in [6.45, 7) is 6.05. The monoisotopic (exact) mass is 492 g/mol. The van der Waals surface area contributed by atoms with Gasteiger partial charge in [-0.3, -0.25) is 9.69 Å². The third-order valence-electron chi connectivity index (χ3n) is 5.34. The van der Waals surface area contributed by atoms with E-state index in [0.717, 1.165) is 19.6 Å². The molecule has 1 amide bonds. The zero-order chi connectivity index (χ0) is 22.7. The first-order valence-corrected chi connectivity index (χ1v) is 11.5. The van der Waals surface area contributed by atoms with Gasteiger partial charge < -0.3 is 14.1 Å². The quantitative estimate of drug-likeness (QED) is 0.417. The number of carbonyl (C=O) groups is 1. The standard InChI is InChI=1S/C24H23Cl3N2O3/c1-16-3-2-4-17(11-16)14-28-7-9-29(10-8-28)24(30)22-6-5-19(32-22)15-31-23-20(26)12-18(25)13-21(23)27/h2-6,11-13H,7-10,14-15H2,1H3. The van der Waals surface area contributed by atoms with E-state index in [1.54, 1.807) is 24.3 Å². The Labute approximate surface area is 202 Å². The highest BCUT2D eigenvalue weighted by Gasteiger charge is 2.24. The van der Waals surface area contributed by atoms with E-state index in [0.29, 0.717) is 45.4 Å². The first-order valence-electron chi connectivity index (χ1n) is 10.3. The second-order valence-electron chi connectivity index (χ2n) is 7.81. The highest BCUT2D eigenvalue weighted by molar-refractivity contribution is 6.40. The second-order valence-corrected chi connectivity index (χ2v) is 9.06. The van der Waals surface area contributed by atoms with Crippen molar-refractivity contribution in [3.8, 4) is 5.75 Å². The maximum absolute atomic E-state index is 12.9. The minimum atomic E-state index is -0.117. The van der Waals surface area contributed by atoms with Crippen LogP contribution in [0.4, 0.5) is 0 Å². The lowest BCUT2D eigenvalue weighted by Gasteiger charge is -2.34. The molecule has 2 aromatic carbocycles. The van der Waals surface area contributed by atoms with Crippen molar-refractivity contribution in [2.75, 3.05) is 26.2 Å². The molecular weight excluding hydrogens is 471 g/mol. The SMILES string of the molecule is Cc1cccc(CN2CCN(C(=O)c3ccc(COc4c(Cl)cc(Cl)cc4Cl)o3)CC2)c1. The molecule has 8 heteroatoms. The molecule has 0 saturated carbocycles. The summed E-state index contributed by atoms with van der Waals surface area (Å²) in [4.78, 5) is 17.0. The molecule has 0 radical (unpaired) electrons. The van der Waals surface area contributed by atoms with E-state index in [1.807, 2.05) is 4.90 Å². The molecule has 0 spiro atoms. The van der Waals surface area contributed by atoms with Crippen LogP contribution in [0.1, 0.15) is 27.4 Å². The van der Waals surface area contributed by atoms with Gasteiger partial charge in [0.25, 0.3) is 5.91 Å². The lowest BCUT2D eigenvalue weighted by Crippen LogP contribution is -2.48. The number of ether oxygens (including phenoxy) is 1. The van der Waals surface area contributed by atoms with Crippen molar-refractivity contribution < 1.29 is 13.9 Å². The highest BCUT2D eigenvalue weighted by Crippen LogP contribution is 2.36. The highest BCUT2D eigenvalue weighted by atomic mass is 35.5. The van der Waals surface area contributed by atoms with Crippen molar-refractivity contribution in [2.45, 2.75) is 20.1 Å². The minimum Gasteiger partial charge on any atom is -0.483 e. The predicted octanol–water partition coefficient (Wildman–Crippen LogP) is 6.09. The molecule has 3 aromatic rings. The number of amides is 1. The molecule has 1 fully saturated rings. The van der Waals surface area contributed by atoms with E-state index < -0.39 is 0 Å².